The summed E-state index contributed by atoms with van der Waals surface area (Å²) < 4.78 is 0. The lowest BCUT2D eigenvalue weighted by Gasteiger charge is -2.31. The predicted molar refractivity (Wildman–Crippen MR) is 64.6 cm³/mol. The maximum atomic E-state index is 11.6. The number of nitrogens with two attached hydrogens (primary N) is 1. The molecular formula is C12H26N2O. The summed E-state index contributed by atoms with van der Waals surface area (Å²) >= 11 is 0. The van der Waals surface area contributed by atoms with Crippen LogP contribution in [-0.2, 0) is 4.79 Å². The van der Waals surface area contributed by atoms with Gasteiger partial charge in [-0.05, 0) is 24.8 Å². The van der Waals surface area contributed by atoms with E-state index in [1.807, 2.05) is 0 Å². The van der Waals surface area contributed by atoms with Gasteiger partial charge in [0.05, 0.1) is 0 Å². The average molecular weight is 214 g/mol. The van der Waals surface area contributed by atoms with Crippen LogP contribution in [-0.4, -0.2) is 18.5 Å². The molecule has 0 aromatic carbocycles. The monoisotopic (exact) mass is 214 g/mol. The Balaban J connectivity index is 4.11. The zero-order chi connectivity index (χ0) is 11.9. The molecule has 3 heteroatoms. The van der Waals surface area contributed by atoms with Crippen molar-refractivity contribution in [2.75, 3.05) is 6.54 Å². The Labute approximate surface area is 93.8 Å². The minimum absolute atomic E-state index is 0.0846. The molecule has 0 aromatic heterocycles. The van der Waals surface area contributed by atoms with E-state index in [2.05, 4.69) is 33.0 Å². The molecule has 3 nitrogen and oxygen atoms in total. The van der Waals surface area contributed by atoms with E-state index >= 15 is 0 Å². The fourth-order valence-electron chi connectivity index (χ4n) is 1.49. The van der Waals surface area contributed by atoms with Crippen molar-refractivity contribution in [1.29, 1.82) is 0 Å². The highest BCUT2D eigenvalue weighted by molar-refractivity contribution is 5.76. The highest BCUT2D eigenvalue weighted by Crippen LogP contribution is 2.21. The molecule has 0 radical (unpaired) electrons. The maximum Gasteiger partial charge on any atom is 0.220 e. The van der Waals surface area contributed by atoms with Crippen molar-refractivity contribution < 1.29 is 4.79 Å². The molecule has 0 aliphatic rings. The summed E-state index contributed by atoms with van der Waals surface area (Å²) in [5, 5.41) is 3.07. The number of carbonyl (C=O) groups excluding carboxylic acids is 1. The molecule has 90 valence electrons. The van der Waals surface area contributed by atoms with Gasteiger partial charge >= 0.3 is 0 Å². The molecule has 1 unspecified atom stereocenters. The number of rotatable bonds is 6. The minimum atomic E-state index is 0.0846. The van der Waals surface area contributed by atoms with Crippen LogP contribution in [0.1, 0.15) is 53.4 Å². The van der Waals surface area contributed by atoms with E-state index < -0.39 is 0 Å². The van der Waals surface area contributed by atoms with Crippen molar-refractivity contribution in [2.45, 2.75) is 59.4 Å². The van der Waals surface area contributed by atoms with Gasteiger partial charge in [-0.1, -0.05) is 34.1 Å². The lowest BCUT2D eigenvalue weighted by atomic mass is 9.84. The Kier molecular flexibility index (Phi) is 6.57. The van der Waals surface area contributed by atoms with Crippen molar-refractivity contribution in [1.82, 2.24) is 5.32 Å². The molecule has 0 bridgehead atoms. The second kappa shape index (κ2) is 6.83. The minimum Gasteiger partial charge on any atom is -0.353 e. The van der Waals surface area contributed by atoms with Gasteiger partial charge < -0.3 is 11.1 Å². The molecule has 1 amide bonds. The van der Waals surface area contributed by atoms with E-state index in [4.69, 9.17) is 5.73 Å². The third kappa shape index (κ3) is 6.50. The molecule has 0 spiro atoms. The van der Waals surface area contributed by atoms with Crippen LogP contribution in [0, 0.1) is 5.41 Å². The second-order valence-electron chi connectivity index (χ2n) is 5.17. The Bertz CT molecular complexity index is 185. The van der Waals surface area contributed by atoms with Crippen molar-refractivity contribution in [2.24, 2.45) is 11.1 Å². The molecule has 1 atom stereocenters. The molecule has 15 heavy (non-hydrogen) atoms. The van der Waals surface area contributed by atoms with Crippen LogP contribution in [0.25, 0.3) is 0 Å². The Morgan fingerprint density at radius 2 is 2.00 bits per heavy atom. The van der Waals surface area contributed by atoms with Gasteiger partial charge in [0.2, 0.25) is 5.91 Å². The van der Waals surface area contributed by atoms with Gasteiger partial charge in [0.1, 0.15) is 0 Å². The lowest BCUT2D eigenvalue weighted by Crippen LogP contribution is -2.44. The zero-order valence-electron chi connectivity index (χ0n) is 10.6. The van der Waals surface area contributed by atoms with Crippen LogP contribution < -0.4 is 11.1 Å². The summed E-state index contributed by atoms with van der Waals surface area (Å²) in [6.45, 7) is 9.11. The van der Waals surface area contributed by atoms with Crippen molar-refractivity contribution in [3.05, 3.63) is 0 Å². The van der Waals surface area contributed by atoms with Crippen LogP contribution in [0.4, 0.5) is 0 Å². The van der Waals surface area contributed by atoms with Gasteiger partial charge in [0.15, 0.2) is 0 Å². The highest BCUT2D eigenvalue weighted by Gasteiger charge is 2.24. The Hall–Kier alpha value is -0.570. The maximum absolute atomic E-state index is 11.6. The van der Waals surface area contributed by atoms with Crippen molar-refractivity contribution in [3.8, 4) is 0 Å². The highest BCUT2D eigenvalue weighted by atomic mass is 16.1. The first-order valence-electron chi connectivity index (χ1n) is 5.91. The van der Waals surface area contributed by atoms with Gasteiger partial charge in [0.25, 0.3) is 0 Å². The fraction of sp³-hybridized carbons (Fsp3) is 0.917. The van der Waals surface area contributed by atoms with E-state index in [9.17, 15) is 4.79 Å². The normalized spacial score (nSPS) is 13.7. The van der Waals surface area contributed by atoms with Crippen LogP contribution in [0.5, 0.6) is 0 Å². The Morgan fingerprint density at radius 3 is 2.40 bits per heavy atom. The first-order valence-corrected chi connectivity index (χ1v) is 5.91. The second-order valence-corrected chi connectivity index (χ2v) is 5.17. The van der Waals surface area contributed by atoms with Gasteiger partial charge in [-0.2, -0.15) is 0 Å². The summed E-state index contributed by atoms with van der Waals surface area (Å²) in [5.41, 5.74) is 5.64. The van der Waals surface area contributed by atoms with Crippen molar-refractivity contribution >= 4 is 5.91 Å². The van der Waals surface area contributed by atoms with E-state index in [1.165, 1.54) is 0 Å². The largest absolute Gasteiger partial charge is 0.353 e. The quantitative estimate of drug-likeness (QED) is 0.711. The molecule has 0 rings (SSSR count). The Morgan fingerprint density at radius 1 is 1.40 bits per heavy atom. The van der Waals surface area contributed by atoms with Gasteiger partial charge in [-0.3, -0.25) is 4.79 Å². The van der Waals surface area contributed by atoms with E-state index in [-0.39, 0.29) is 17.4 Å². The molecule has 0 saturated heterocycles. The zero-order valence-corrected chi connectivity index (χ0v) is 10.6. The molecule has 0 saturated carbocycles. The number of hydrogen-bond acceptors (Lipinski definition) is 2. The van der Waals surface area contributed by atoms with Crippen LogP contribution in [0.2, 0.25) is 0 Å². The third-order valence-electron chi connectivity index (χ3n) is 2.59. The number of amides is 1. The molecular weight excluding hydrogens is 188 g/mol. The average Bonchev–Trinajstić information content (AvgIpc) is 2.12. The van der Waals surface area contributed by atoms with Gasteiger partial charge in [0, 0.05) is 12.5 Å². The standard InChI is InChI=1S/C12H26N2O/c1-5-6-7-11(15)14-10(8-9-13)12(2,3)4/h10H,5-9,13H2,1-4H3,(H,14,15). The summed E-state index contributed by atoms with van der Waals surface area (Å²) in [7, 11) is 0. The van der Waals surface area contributed by atoms with Crippen LogP contribution in [0.15, 0.2) is 0 Å². The summed E-state index contributed by atoms with van der Waals surface area (Å²) in [4.78, 5) is 11.6. The number of hydrogen-bond donors (Lipinski definition) is 2. The molecule has 0 heterocycles. The first-order chi connectivity index (χ1) is 6.91. The number of unbranched alkanes of at least 4 members (excludes halogenated alkanes) is 1. The van der Waals surface area contributed by atoms with E-state index in [1.54, 1.807) is 0 Å². The fourth-order valence-corrected chi connectivity index (χ4v) is 1.49. The molecule has 0 aliphatic heterocycles. The summed E-state index contributed by atoms with van der Waals surface area (Å²) in [6, 6.07) is 0.187. The molecule has 0 aliphatic carbocycles. The topological polar surface area (TPSA) is 55.1 Å². The molecule has 0 aromatic rings. The molecule has 0 fully saturated rings. The van der Waals surface area contributed by atoms with E-state index in [0.717, 1.165) is 19.3 Å². The number of carbonyl (C=O) groups is 1. The first kappa shape index (κ1) is 14.4. The van der Waals surface area contributed by atoms with Crippen LogP contribution >= 0.6 is 0 Å². The SMILES string of the molecule is CCCCC(=O)NC(CCN)C(C)(C)C. The van der Waals surface area contributed by atoms with Gasteiger partial charge in [-0.25, -0.2) is 0 Å². The van der Waals surface area contributed by atoms with E-state index in [0.29, 0.717) is 13.0 Å². The summed E-state index contributed by atoms with van der Waals surface area (Å²) in [6.07, 6.45) is 3.50. The summed E-state index contributed by atoms with van der Waals surface area (Å²) in [5.74, 6) is 0.158. The predicted octanol–water partition coefficient (Wildman–Crippen LogP) is 2.06. The molecule has 3 N–H and O–H groups in total. The third-order valence-corrected chi connectivity index (χ3v) is 2.59. The lowest BCUT2D eigenvalue weighted by molar-refractivity contribution is -0.122. The number of nitrogens with one attached hydrogen (secondary N) is 1. The van der Waals surface area contributed by atoms with Crippen molar-refractivity contribution in [3.63, 3.8) is 0 Å². The van der Waals surface area contributed by atoms with Crippen LogP contribution in [0.3, 0.4) is 0 Å². The van der Waals surface area contributed by atoms with Gasteiger partial charge in [-0.15, -0.1) is 0 Å². The smallest absolute Gasteiger partial charge is 0.220 e.